The molecule has 156 valence electrons. The molecule has 1 N–H and O–H groups in total. The first-order chi connectivity index (χ1) is 14.3. The number of amides is 1. The summed E-state index contributed by atoms with van der Waals surface area (Å²) < 4.78 is 10.7. The van der Waals surface area contributed by atoms with E-state index >= 15 is 0 Å². The molecule has 1 heterocycles. The second-order valence-electron chi connectivity index (χ2n) is 7.14. The summed E-state index contributed by atoms with van der Waals surface area (Å²) in [4.78, 5) is 26.0. The Morgan fingerprint density at radius 3 is 2.40 bits per heavy atom. The van der Waals surface area contributed by atoms with E-state index in [1.807, 2.05) is 64.1 Å². The number of nitrogens with one attached hydrogen (secondary N) is 1. The minimum absolute atomic E-state index is 0.151. The van der Waals surface area contributed by atoms with E-state index in [4.69, 9.17) is 9.47 Å². The molecule has 0 unspecified atom stereocenters. The third kappa shape index (κ3) is 4.54. The molecule has 0 saturated carbocycles. The van der Waals surface area contributed by atoms with Crippen LogP contribution in [0.3, 0.4) is 0 Å². The maximum atomic E-state index is 12.6. The van der Waals surface area contributed by atoms with E-state index < -0.39 is 5.97 Å². The van der Waals surface area contributed by atoms with E-state index in [-0.39, 0.29) is 12.5 Å². The summed E-state index contributed by atoms with van der Waals surface area (Å²) in [6.07, 6.45) is 0. The maximum absolute atomic E-state index is 12.6. The van der Waals surface area contributed by atoms with Gasteiger partial charge in [0.2, 0.25) is 0 Å². The summed E-state index contributed by atoms with van der Waals surface area (Å²) in [5.41, 5.74) is 5.22. The standard InChI is InChI=1S/C24H25NO4S/c1-14-11-15(2)16(3)19(12-14)29-13-20(26)25-23-22(24(27)28-5)21(17(4)30-23)18-9-7-6-8-10-18/h6-12H,13H2,1-5H3,(H,25,26). The molecule has 2 aromatic carbocycles. The number of ether oxygens (including phenoxy) is 2. The van der Waals surface area contributed by atoms with Gasteiger partial charge in [0.25, 0.3) is 5.91 Å². The van der Waals surface area contributed by atoms with Crippen molar-refractivity contribution in [1.29, 1.82) is 0 Å². The number of rotatable bonds is 6. The van der Waals surface area contributed by atoms with Gasteiger partial charge in [0, 0.05) is 10.4 Å². The van der Waals surface area contributed by atoms with Crippen molar-refractivity contribution in [2.45, 2.75) is 27.7 Å². The molecule has 0 radical (unpaired) electrons. The van der Waals surface area contributed by atoms with Crippen LogP contribution in [0.2, 0.25) is 0 Å². The molecule has 1 aromatic heterocycles. The number of aryl methyl sites for hydroxylation is 3. The minimum atomic E-state index is -0.487. The van der Waals surface area contributed by atoms with Gasteiger partial charge in [0.15, 0.2) is 6.61 Å². The smallest absolute Gasteiger partial charge is 0.341 e. The summed E-state index contributed by atoms with van der Waals surface area (Å²) in [5, 5.41) is 3.29. The van der Waals surface area contributed by atoms with Crippen LogP contribution in [0.15, 0.2) is 42.5 Å². The Kier molecular flexibility index (Phi) is 6.57. The Morgan fingerprint density at radius 2 is 1.73 bits per heavy atom. The predicted molar refractivity (Wildman–Crippen MR) is 121 cm³/mol. The van der Waals surface area contributed by atoms with Crippen molar-refractivity contribution in [3.63, 3.8) is 0 Å². The molecular formula is C24H25NO4S. The molecule has 0 aliphatic carbocycles. The van der Waals surface area contributed by atoms with Crippen molar-refractivity contribution in [3.05, 3.63) is 69.6 Å². The third-order valence-corrected chi connectivity index (χ3v) is 5.93. The highest BCUT2D eigenvalue weighted by molar-refractivity contribution is 7.17. The first-order valence-electron chi connectivity index (χ1n) is 9.59. The highest BCUT2D eigenvalue weighted by atomic mass is 32.1. The second kappa shape index (κ2) is 9.13. The molecule has 0 fully saturated rings. The Morgan fingerprint density at radius 1 is 1.03 bits per heavy atom. The molecule has 0 atom stereocenters. The fourth-order valence-electron chi connectivity index (χ4n) is 3.34. The molecule has 0 aliphatic rings. The SMILES string of the molecule is COC(=O)c1c(NC(=O)COc2cc(C)cc(C)c2C)sc(C)c1-c1ccccc1. The molecule has 0 saturated heterocycles. The van der Waals surface area contributed by atoms with E-state index in [1.54, 1.807) is 0 Å². The molecule has 0 bridgehead atoms. The number of benzene rings is 2. The van der Waals surface area contributed by atoms with E-state index in [9.17, 15) is 9.59 Å². The number of thiophene rings is 1. The number of hydrogen-bond donors (Lipinski definition) is 1. The second-order valence-corrected chi connectivity index (χ2v) is 8.36. The zero-order chi connectivity index (χ0) is 21.8. The lowest BCUT2D eigenvalue weighted by Crippen LogP contribution is -2.21. The maximum Gasteiger partial charge on any atom is 0.341 e. The topological polar surface area (TPSA) is 64.6 Å². The molecule has 5 nitrogen and oxygen atoms in total. The van der Waals surface area contributed by atoms with E-state index in [1.165, 1.54) is 18.4 Å². The summed E-state index contributed by atoms with van der Waals surface area (Å²) in [6.45, 7) is 7.73. The number of carbonyl (C=O) groups is 2. The number of anilines is 1. The number of hydrogen-bond acceptors (Lipinski definition) is 5. The van der Waals surface area contributed by atoms with Crippen LogP contribution in [0.4, 0.5) is 5.00 Å². The van der Waals surface area contributed by atoms with Gasteiger partial charge in [-0.3, -0.25) is 4.79 Å². The predicted octanol–water partition coefficient (Wildman–Crippen LogP) is 5.45. The van der Waals surface area contributed by atoms with Crippen LogP contribution in [0.25, 0.3) is 11.1 Å². The van der Waals surface area contributed by atoms with E-state index in [2.05, 4.69) is 11.4 Å². The highest BCUT2D eigenvalue weighted by Gasteiger charge is 2.25. The fraction of sp³-hybridized carbons (Fsp3) is 0.250. The van der Waals surface area contributed by atoms with Crippen LogP contribution < -0.4 is 10.1 Å². The zero-order valence-corrected chi connectivity index (χ0v) is 18.6. The first-order valence-corrected chi connectivity index (χ1v) is 10.4. The third-order valence-electron chi connectivity index (χ3n) is 4.91. The lowest BCUT2D eigenvalue weighted by Gasteiger charge is -2.12. The van der Waals surface area contributed by atoms with Crippen molar-refractivity contribution in [2.24, 2.45) is 0 Å². The monoisotopic (exact) mass is 423 g/mol. The Bertz CT molecular complexity index is 1090. The van der Waals surface area contributed by atoms with Crippen molar-refractivity contribution in [1.82, 2.24) is 0 Å². The summed E-state index contributed by atoms with van der Waals surface area (Å²) in [7, 11) is 1.33. The van der Waals surface area contributed by atoms with E-state index in [0.29, 0.717) is 16.3 Å². The number of methoxy groups -OCH3 is 1. The Balaban J connectivity index is 1.84. The van der Waals surface area contributed by atoms with Crippen LogP contribution in [-0.2, 0) is 9.53 Å². The van der Waals surface area contributed by atoms with Crippen molar-refractivity contribution in [3.8, 4) is 16.9 Å². The Labute approximate surface area is 180 Å². The van der Waals surface area contributed by atoms with Gasteiger partial charge in [-0.15, -0.1) is 11.3 Å². The van der Waals surface area contributed by atoms with Gasteiger partial charge in [-0.1, -0.05) is 36.4 Å². The van der Waals surface area contributed by atoms with Gasteiger partial charge in [0.05, 0.1) is 7.11 Å². The highest BCUT2D eigenvalue weighted by Crippen LogP contribution is 2.40. The average Bonchev–Trinajstić information content (AvgIpc) is 3.05. The Hall–Kier alpha value is -3.12. The van der Waals surface area contributed by atoms with E-state index in [0.717, 1.165) is 32.7 Å². The van der Waals surface area contributed by atoms with Crippen molar-refractivity contribution < 1.29 is 19.1 Å². The van der Waals surface area contributed by atoms with Gasteiger partial charge in [0.1, 0.15) is 16.3 Å². The normalized spacial score (nSPS) is 10.6. The summed E-state index contributed by atoms with van der Waals surface area (Å²) >= 11 is 1.35. The number of esters is 1. The van der Waals surface area contributed by atoms with Crippen LogP contribution in [0.5, 0.6) is 5.75 Å². The summed E-state index contributed by atoms with van der Waals surface area (Å²) in [5.74, 6) is -0.137. The molecule has 3 rings (SSSR count). The van der Waals surface area contributed by atoms with Crippen molar-refractivity contribution >= 4 is 28.2 Å². The minimum Gasteiger partial charge on any atom is -0.483 e. The van der Waals surface area contributed by atoms with Crippen LogP contribution in [-0.4, -0.2) is 25.6 Å². The molecule has 30 heavy (non-hydrogen) atoms. The lowest BCUT2D eigenvalue weighted by molar-refractivity contribution is -0.118. The van der Waals surface area contributed by atoms with Crippen LogP contribution in [0.1, 0.15) is 31.9 Å². The lowest BCUT2D eigenvalue weighted by atomic mass is 10.0. The van der Waals surface area contributed by atoms with Gasteiger partial charge >= 0.3 is 5.97 Å². The first kappa shape index (κ1) is 21.6. The van der Waals surface area contributed by atoms with Crippen LogP contribution >= 0.6 is 11.3 Å². The molecule has 3 aromatic rings. The van der Waals surface area contributed by atoms with Gasteiger partial charge in [-0.25, -0.2) is 4.79 Å². The molecular weight excluding hydrogens is 398 g/mol. The fourth-order valence-corrected chi connectivity index (χ4v) is 4.42. The molecule has 0 aliphatic heterocycles. The van der Waals surface area contributed by atoms with Crippen molar-refractivity contribution in [2.75, 3.05) is 19.0 Å². The molecule has 1 amide bonds. The summed E-state index contributed by atoms with van der Waals surface area (Å²) in [6, 6.07) is 13.6. The van der Waals surface area contributed by atoms with Gasteiger partial charge in [-0.2, -0.15) is 0 Å². The van der Waals surface area contributed by atoms with Crippen LogP contribution in [0, 0.1) is 27.7 Å². The zero-order valence-electron chi connectivity index (χ0n) is 17.8. The largest absolute Gasteiger partial charge is 0.483 e. The molecule has 0 spiro atoms. The van der Waals surface area contributed by atoms with Gasteiger partial charge in [-0.05, 0) is 56.0 Å². The molecule has 6 heteroatoms. The van der Waals surface area contributed by atoms with Gasteiger partial charge < -0.3 is 14.8 Å². The average molecular weight is 424 g/mol. The number of carbonyl (C=O) groups excluding carboxylic acids is 2. The quantitative estimate of drug-likeness (QED) is 0.535.